The molecule has 0 aliphatic rings. The van der Waals surface area contributed by atoms with Gasteiger partial charge in [-0.3, -0.25) is 10.1 Å². The number of aromatic nitrogens is 3. The van der Waals surface area contributed by atoms with E-state index in [4.69, 9.17) is 9.15 Å². The molecule has 0 aliphatic carbocycles. The minimum absolute atomic E-state index is 0.0559. The first-order chi connectivity index (χ1) is 11.7. The molecule has 24 heavy (non-hydrogen) atoms. The standard InChI is InChI=1S/C15H14N4O4S/c1-22-12-4-5-14(19(20)21)11(7-12)9-24-15-17-16-10-18(15)8-13-3-2-6-23-13/h2-7,10H,8-9H2,1H3. The number of furan rings is 1. The molecular formula is C15H14N4O4S. The number of nitro benzene ring substituents is 1. The molecule has 0 aliphatic heterocycles. The maximum atomic E-state index is 11.2. The summed E-state index contributed by atoms with van der Waals surface area (Å²) in [4.78, 5) is 10.8. The molecule has 2 heterocycles. The molecule has 0 fully saturated rings. The monoisotopic (exact) mass is 346 g/mol. The van der Waals surface area contributed by atoms with Crippen molar-refractivity contribution in [3.05, 3.63) is 64.4 Å². The molecule has 0 unspecified atom stereocenters. The zero-order chi connectivity index (χ0) is 16.9. The molecule has 0 N–H and O–H groups in total. The van der Waals surface area contributed by atoms with Crippen molar-refractivity contribution in [2.45, 2.75) is 17.5 Å². The zero-order valence-electron chi connectivity index (χ0n) is 12.8. The summed E-state index contributed by atoms with van der Waals surface area (Å²) in [6.45, 7) is 0.503. The fourth-order valence-corrected chi connectivity index (χ4v) is 3.06. The second kappa shape index (κ2) is 7.18. The Morgan fingerprint density at radius 2 is 2.29 bits per heavy atom. The molecule has 0 atom stereocenters. The number of methoxy groups -OCH3 is 1. The Morgan fingerprint density at radius 3 is 3.00 bits per heavy atom. The fraction of sp³-hybridized carbons (Fsp3) is 0.200. The van der Waals surface area contributed by atoms with Crippen LogP contribution in [0.5, 0.6) is 5.75 Å². The van der Waals surface area contributed by atoms with Gasteiger partial charge in [-0.05, 0) is 24.3 Å². The van der Waals surface area contributed by atoms with E-state index < -0.39 is 4.92 Å². The number of ether oxygens (including phenoxy) is 1. The van der Waals surface area contributed by atoms with Gasteiger partial charge in [0.2, 0.25) is 0 Å². The number of rotatable bonds is 7. The number of nitrogens with zero attached hydrogens (tertiary/aromatic N) is 4. The Hall–Kier alpha value is -2.81. The van der Waals surface area contributed by atoms with Crippen LogP contribution >= 0.6 is 11.8 Å². The topological polar surface area (TPSA) is 96.2 Å². The van der Waals surface area contributed by atoms with Crippen LogP contribution in [0.2, 0.25) is 0 Å². The summed E-state index contributed by atoms with van der Waals surface area (Å²) in [5, 5.41) is 19.8. The lowest BCUT2D eigenvalue weighted by Crippen LogP contribution is -2.00. The van der Waals surface area contributed by atoms with Crippen molar-refractivity contribution >= 4 is 17.4 Å². The van der Waals surface area contributed by atoms with Crippen LogP contribution in [0.3, 0.4) is 0 Å². The highest BCUT2D eigenvalue weighted by Gasteiger charge is 2.16. The van der Waals surface area contributed by atoms with Gasteiger partial charge >= 0.3 is 0 Å². The van der Waals surface area contributed by atoms with Crippen LogP contribution in [-0.4, -0.2) is 26.8 Å². The van der Waals surface area contributed by atoms with E-state index in [1.165, 1.54) is 24.9 Å². The van der Waals surface area contributed by atoms with Crippen molar-refractivity contribution in [1.29, 1.82) is 0 Å². The average molecular weight is 346 g/mol. The maximum Gasteiger partial charge on any atom is 0.273 e. The van der Waals surface area contributed by atoms with Crippen LogP contribution in [0.25, 0.3) is 0 Å². The van der Waals surface area contributed by atoms with E-state index in [-0.39, 0.29) is 5.69 Å². The molecule has 3 aromatic rings. The van der Waals surface area contributed by atoms with Crippen LogP contribution in [0.1, 0.15) is 11.3 Å². The molecule has 0 spiro atoms. The van der Waals surface area contributed by atoms with Gasteiger partial charge in [0.05, 0.1) is 24.8 Å². The van der Waals surface area contributed by atoms with Crippen molar-refractivity contribution in [2.24, 2.45) is 0 Å². The van der Waals surface area contributed by atoms with Gasteiger partial charge < -0.3 is 13.7 Å². The van der Waals surface area contributed by atoms with Crippen molar-refractivity contribution < 1.29 is 14.1 Å². The first-order valence-electron chi connectivity index (χ1n) is 7.01. The van der Waals surface area contributed by atoms with Gasteiger partial charge in [0.25, 0.3) is 5.69 Å². The molecule has 0 saturated heterocycles. The summed E-state index contributed by atoms with van der Waals surface area (Å²) in [6.07, 6.45) is 3.21. The van der Waals surface area contributed by atoms with Crippen molar-refractivity contribution in [3.8, 4) is 5.75 Å². The summed E-state index contributed by atoms with van der Waals surface area (Å²) in [5.41, 5.74) is 0.622. The lowest BCUT2D eigenvalue weighted by molar-refractivity contribution is -0.385. The lowest BCUT2D eigenvalue weighted by Gasteiger charge is -2.07. The molecule has 2 aromatic heterocycles. The molecule has 0 radical (unpaired) electrons. The Bertz CT molecular complexity index is 832. The number of thioether (sulfide) groups is 1. The Kier molecular flexibility index (Phi) is 4.80. The van der Waals surface area contributed by atoms with Gasteiger partial charge in [0.15, 0.2) is 5.16 Å². The summed E-state index contributed by atoms with van der Waals surface area (Å²) in [5.74, 6) is 1.74. The minimum Gasteiger partial charge on any atom is -0.497 e. The van der Waals surface area contributed by atoms with E-state index in [1.54, 1.807) is 24.7 Å². The summed E-state index contributed by atoms with van der Waals surface area (Å²) in [6, 6.07) is 8.36. The lowest BCUT2D eigenvalue weighted by atomic mass is 10.2. The van der Waals surface area contributed by atoms with E-state index in [0.717, 1.165) is 5.76 Å². The van der Waals surface area contributed by atoms with Gasteiger partial charge in [-0.2, -0.15) is 0 Å². The maximum absolute atomic E-state index is 11.2. The molecule has 1 aromatic carbocycles. The van der Waals surface area contributed by atoms with E-state index in [9.17, 15) is 10.1 Å². The molecule has 0 amide bonds. The highest BCUT2D eigenvalue weighted by atomic mass is 32.2. The smallest absolute Gasteiger partial charge is 0.273 e. The highest BCUT2D eigenvalue weighted by Crippen LogP contribution is 2.30. The number of nitro groups is 1. The molecule has 3 rings (SSSR count). The zero-order valence-corrected chi connectivity index (χ0v) is 13.6. The summed E-state index contributed by atoms with van der Waals surface area (Å²) < 4.78 is 12.3. The highest BCUT2D eigenvalue weighted by molar-refractivity contribution is 7.98. The normalized spacial score (nSPS) is 10.7. The summed E-state index contributed by atoms with van der Waals surface area (Å²) in [7, 11) is 1.53. The first-order valence-corrected chi connectivity index (χ1v) is 8.00. The van der Waals surface area contributed by atoms with Crippen molar-refractivity contribution in [1.82, 2.24) is 14.8 Å². The van der Waals surface area contributed by atoms with Gasteiger partial charge in [-0.25, -0.2) is 0 Å². The van der Waals surface area contributed by atoms with Gasteiger partial charge in [0, 0.05) is 17.4 Å². The van der Waals surface area contributed by atoms with Gasteiger partial charge in [0.1, 0.15) is 17.8 Å². The van der Waals surface area contributed by atoms with Crippen LogP contribution in [0.15, 0.2) is 52.5 Å². The Morgan fingerprint density at radius 1 is 1.42 bits per heavy atom. The van der Waals surface area contributed by atoms with Crippen molar-refractivity contribution in [2.75, 3.05) is 7.11 Å². The third kappa shape index (κ3) is 3.57. The fourth-order valence-electron chi connectivity index (χ4n) is 2.16. The SMILES string of the molecule is COc1ccc([N+](=O)[O-])c(CSc2nncn2Cc2ccco2)c1. The number of benzene rings is 1. The predicted molar refractivity (Wildman–Crippen MR) is 87.0 cm³/mol. The van der Waals surface area contributed by atoms with Crippen molar-refractivity contribution in [3.63, 3.8) is 0 Å². The van der Waals surface area contributed by atoms with E-state index >= 15 is 0 Å². The van der Waals surface area contributed by atoms with E-state index in [1.807, 2.05) is 16.7 Å². The second-order valence-corrected chi connectivity index (χ2v) is 5.80. The number of hydrogen-bond donors (Lipinski definition) is 0. The Labute approximate surface area is 141 Å². The first kappa shape index (κ1) is 16.1. The molecular weight excluding hydrogens is 332 g/mol. The minimum atomic E-state index is -0.400. The van der Waals surface area contributed by atoms with Crippen LogP contribution in [0, 0.1) is 10.1 Å². The molecule has 124 valence electrons. The van der Waals surface area contributed by atoms with Gasteiger partial charge in [-0.15, -0.1) is 10.2 Å². The van der Waals surface area contributed by atoms with Crippen LogP contribution in [-0.2, 0) is 12.3 Å². The molecule has 0 bridgehead atoms. The second-order valence-electron chi connectivity index (χ2n) is 4.86. The van der Waals surface area contributed by atoms with Crippen LogP contribution in [0.4, 0.5) is 5.69 Å². The third-order valence-corrected chi connectivity index (χ3v) is 4.36. The molecule has 9 heteroatoms. The quantitative estimate of drug-likeness (QED) is 0.368. The largest absolute Gasteiger partial charge is 0.497 e. The molecule has 8 nitrogen and oxygen atoms in total. The predicted octanol–water partition coefficient (Wildman–Crippen LogP) is 3.13. The third-order valence-electron chi connectivity index (χ3n) is 3.33. The van der Waals surface area contributed by atoms with Gasteiger partial charge in [-0.1, -0.05) is 11.8 Å². The summed E-state index contributed by atoms with van der Waals surface area (Å²) >= 11 is 1.37. The number of hydrogen-bond acceptors (Lipinski definition) is 7. The van der Waals surface area contributed by atoms with Crippen LogP contribution < -0.4 is 4.74 Å². The van der Waals surface area contributed by atoms with E-state index in [0.29, 0.717) is 28.8 Å². The average Bonchev–Trinajstić information content (AvgIpc) is 3.25. The van der Waals surface area contributed by atoms with E-state index in [2.05, 4.69) is 10.2 Å². The molecule has 0 saturated carbocycles. The Balaban J connectivity index is 1.77.